The quantitative estimate of drug-likeness (QED) is 0.244. The second-order valence-electron chi connectivity index (χ2n) is 10.4. The largest absolute Gasteiger partial charge is 0.417 e. The van der Waals surface area contributed by atoms with Crippen LogP contribution in [0.4, 0.5) is 13.2 Å². The summed E-state index contributed by atoms with van der Waals surface area (Å²) in [7, 11) is 0. The predicted molar refractivity (Wildman–Crippen MR) is 147 cm³/mol. The van der Waals surface area contributed by atoms with E-state index in [1.54, 1.807) is 6.07 Å². The first kappa shape index (κ1) is 27.3. The van der Waals surface area contributed by atoms with E-state index in [4.69, 9.17) is 16.3 Å². The highest BCUT2D eigenvalue weighted by molar-refractivity contribution is 6.31. The summed E-state index contributed by atoms with van der Waals surface area (Å²) in [6.45, 7) is 3.55. The molecule has 1 fully saturated rings. The van der Waals surface area contributed by atoms with Gasteiger partial charge in [-0.3, -0.25) is 4.79 Å². The van der Waals surface area contributed by atoms with Gasteiger partial charge in [-0.2, -0.15) is 13.2 Å². The summed E-state index contributed by atoms with van der Waals surface area (Å²) in [4.78, 5) is 13.3. The van der Waals surface area contributed by atoms with Crippen LogP contribution in [0, 0.1) is 0 Å². The van der Waals surface area contributed by atoms with Crippen molar-refractivity contribution >= 4 is 28.4 Å². The van der Waals surface area contributed by atoms with Crippen molar-refractivity contribution in [2.24, 2.45) is 0 Å². The molecule has 4 nitrogen and oxygen atoms in total. The maximum absolute atomic E-state index is 13.8. The molecule has 204 valence electrons. The molecule has 5 rings (SSSR count). The molecule has 0 aliphatic carbocycles. The van der Waals surface area contributed by atoms with E-state index >= 15 is 0 Å². The van der Waals surface area contributed by atoms with Crippen LogP contribution < -0.4 is 5.32 Å². The standard InChI is InChI=1S/C31H30ClF3N2O2/c1-30(14-7-15-39-30)20-36-29(38)17-24(22-12-13-27(32)26(16-22)31(33,34)35)25-19-37(18-21-8-3-2-4-9-21)28-11-6-5-10-23(25)28/h2-6,8-13,16,19,24H,7,14-15,17-18,20H2,1H3,(H,36,38)/t24-,30+/m1/s1. The molecule has 2 heterocycles. The lowest BCUT2D eigenvalue weighted by Crippen LogP contribution is -2.40. The monoisotopic (exact) mass is 554 g/mol. The van der Waals surface area contributed by atoms with Gasteiger partial charge < -0.3 is 14.6 Å². The van der Waals surface area contributed by atoms with Gasteiger partial charge in [0.2, 0.25) is 5.91 Å². The Balaban J connectivity index is 1.55. The fourth-order valence-corrected chi connectivity index (χ4v) is 5.59. The Labute approximate surface area is 230 Å². The Bertz CT molecular complexity index is 1460. The fraction of sp³-hybridized carbons (Fsp3) is 0.323. The number of hydrogen-bond acceptors (Lipinski definition) is 2. The number of amides is 1. The molecule has 1 aromatic heterocycles. The first-order valence-corrected chi connectivity index (χ1v) is 13.4. The minimum atomic E-state index is -4.62. The number of nitrogens with one attached hydrogen (secondary N) is 1. The molecule has 4 aromatic rings. The molecule has 1 amide bonds. The van der Waals surface area contributed by atoms with Crippen molar-refractivity contribution in [3.8, 4) is 0 Å². The van der Waals surface area contributed by atoms with Crippen molar-refractivity contribution in [2.75, 3.05) is 13.2 Å². The normalized spacial score (nSPS) is 18.4. The average Bonchev–Trinajstić information content (AvgIpc) is 3.51. The summed E-state index contributed by atoms with van der Waals surface area (Å²) in [6.07, 6.45) is -0.903. The van der Waals surface area contributed by atoms with Crippen LogP contribution in [0.15, 0.2) is 79.0 Å². The van der Waals surface area contributed by atoms with Gasteiger partial charge in [-0.15, -0.1) is 0 Å². The Morgan fingerprint density at radius 3 is 2.56 bits per heavy atom. The number of para-hydroxylation sites is 1. The highest BCUT2D eigenvalue weighted by atomic mass is 35.5. The number of halogens is 4. The maximum atomic E-state index is 13.8. The zero-order chi connectivity index (χ0) is 27.6. The number of carbonyl (C=O) groups is 1. The number of hydrogen-bond donors (Lipinski definition) is 1. The number of fused-ring (bicyclic) bond motifs is 1. The third kappa shape index (κ3) is 6.15. The number of benzene rings is 3. The van der Waals surface area contributed by atoms with Crippen molar-refractivity contribution in [1.29, 1.82) is 0 Å². The number of nitrogens with zero attached hydrogens (tertiary/aromatic N) is 1. The van der Waals surface area contributed by atoms with Crippen LogP contribution in [0.3, 0.4) is 0 Å². The highest BCUT2D eigenvalue weighted by Crippen LogP contribution is 2.40. The number of rotatable bonds is 8. The van der Waals surface area contributed by atoms with Crippen molar-refractivity contribution < 1.29 is 22.7 Å². The summed E-state index contributed by atoms with van der Waals surface area (Å²) >= 11 is 5.95. The molecule has 1 N–H and O–H groups in total. The third-order valence-corrected chi connectivity index (χ3v) is 7.77. The summed E-state index contributed by atoms with van der Waals surface area (Å²) in [5.74, 6) is -0.872. The van der Waals surface area contributed by atoms with Crippen LogP contribution in [0.2, 0.25) is 5.02 Å². The second kappa shape index (κ2) is 11.1. The molecule has 0 unspecified atom stereocenters. The molecule has 0 spiro atoms. The molecule has 0 saturated carbocycles. The van der Waals surface area contributed by atoms with Gasteiger partial charge in [0.25, 0.3) is 0 Å². The Morgan fingerprint density at radius 1 is 1.10 bits per heavy atom. The third-order valence-electron chi connectivity index (χ3n) is 7.44. The lowest BCUT2D eigenvalue weighted by Gasteiger charge is -2.24. The van der Waals surface area contributed by atoms with Crippen LogP contribution in [0.25, 0.3) is 10.9 Å². The molecule has 1 saturated heterocycles. The van der Waals surface area contributed by atoms with Gasteiger partial charge in [0.1, 0.15) is 0 Å². The van der Waals surface area contributed by atoms with Gasteiger partial charge in [0.05, 0.1) is 16.2 Å². The van der Waals surface area contributed by atoms with Crippen LogP contribution in [0.5, 0.6) is 0 Å². The maximum Gasteiger partial charge on any atom is 0.417 e. The van der Waals surface area contributed by atoms with Crippen molar-refractivity contribution in [1.82, 2.24) is 9.88 Å². The van der Waals surface area contributed by atoms with E-state index in [2.05, 4.69) is 9.88 Å². The van der Waals surface area contributed by atoms with Crippen LogP contribution in [-0.2, 0) is 22.3 Å². The molecule has 1 aliphatic rings. The van der Waals surface area contributed by atoms with Gasteiger partial charge >= 0.3 is 6.18 Å². The molecule has 1 aliphatic heterocycles. The van der Waals surface area contributed by atoms with Crippen molar-refractivity contribution in [3.05, 3.63) is 106 Å². The minimum absolute atomic E-state index is 0.0195. The van der Waals surface area contributed by atoms with Gasteiger partial charge in [-0.1, -0.05) is 66.2 Å². The molecular weight excluding hydrogens is 525 g/mol. The lowest BCUT2D eigenvalue weighted by atomic mass is 9.87. The second-order valence-corrected chi connectivity index (χ2v) is 10.8. The summed E-state index contributed by atoms with van der Waals surface area (Å²) < 4.78 is 49.3. The zero-order valence-corrected chi connectivity index (χ0v) is 22.4. The lowest BCUT2D eigenvalue weighted by molar-refractivity contribution is -0.137. The van der Waals surface area contributed by atoms with Gasteiger partial charge in [0.15, 0.2) is 0 Å². The number of aromatic nitrogens is 1. The van der Waals surface area contributed by atoms with E-state index in [1.165, 1.54) is 6.07 Å². The number of carbonyl (C=O) groups excluding carboxylic acids is 1. The van der Waals surface area contributed by atoms with E-state index in [1.807, 2.05) is 67.7 Å². The van der Waals surface area contributed by atoms with Gasteiger partial charge in [-0.25, -0.2) is 0 Å². The van der Waals surface area contributed by atoms with E-state index in [0.717, 1.165) is 40.9 Å². The van der Waals surface area contributed by atoms with Crippen LogP contribution in [-0.4, -0.2) is 29.2 Å². The van der Waals surface area contributed by atoms with E-state index < -0.39 is 23.3 Å². The molecule has 3 aromatic carbocycles. The van der Waals surface area contributed by atoms with Gasteiger partial charge in [-0.05, 0) is 54.7 Å². The number of ether oxygens (including phenoxy) is 1. The zero-order valence-electron chi connectivity index (χ0n) is 21.6. The predicted octanol–water partition coefficient (Wildman–Crippen LogP) is 7.57. The van der Waals surface area contributed by atoms with Crippen LogP contribution in [0.1, 0.15) is 54.4 Å². The van der Waals surface area contributed by atoms with E-state index in [-0.39, 0.29) is 17.4 Å². The van der Waals surface area contributed by atoms with Gasteiger partial charge in [0, 0.05) is 49.1 Å². The Morgan fingerprint density at radius 2 is 1.85 bits per heavy atom. The van der Waals surface area contributed by atoms with E-state index in [0.29, 0.717) is 25.3 Å². The molecule has 0 radical (unpaired) electrons. The Kier molecular flexibility index (Phi) is 7.74. The summed E-state index contributed by atoms with van der Waals surface area (Å²) in [5.41, 5.74) is 1.87. The summed E-state index contributed by atoms with van der Waals surface area (Å²) in [5, 5.41) is 3.49. The van der Waals surface area contributed by atoms with Crippen LogP contribution >= 0.6 is 11.6 Å². The Hall–Kier alpha value is -3.29. The SMILES string of the molecule is C[C@@]1(CNC(=O)C[C@H](c2ccc(Cl)c(C(F)(F)F)c2)c2cn(Cc3ccccc3)c3ccccc23)CCCO1. The molecule has 39 heavy (non-hydrogen) atoms. The average molecular weight is 555 g/mol. The highest BCUT2D eigenvalue weighted by Gasteiger charge is 2.35. The minimum Gasteiger partial charge on any atom is -0.373 e. The van der Waals surface area contributed by atoms with Crippen molar-refractivity contribution in [3.63, 3.8) is 0 Å². The molecule has 2 atom stereocenters. The number of alkyl halides is 3. The molecular formula is C31H30ClF3N2O2. The summed E-state index contributed by atoms with van der Waals surface area (Å²) in [6, 6.07) is 21.6. The first-order chi connectivity index (χ1) is 18.6. The molecule has 8 heteroatoms. The fourth-order valence-electron chi connectivity index (χ4n) is 5.37. The topological polar surface area (TPSA) is 43.3 Å². The first-order valence-electron chi connectivity index (χ1n) is 13.0. The smallest absolute Gasteiger partial charge is 0.373 e. The molecule has 0 bridgehead atoms. The van der Waals surface area contributed by atoms with E-state index in [9.17, 15) is 18.0 Å². The van der Waals surface area contributed by atoms with Crippen molar-refractivity contribution in [2.45, 2.75) is 50.4 Å².